The summed E-state index contributed by atoms with van der Waals surface area (Å²) in [6.07, 6.45) is 2.37. The lowest BCUT2D eigenvalue weighted by atomic mass is 9.58. The van der Waals surface area contributed by atoms with Gasteiger partial charge in [0.2, 0.25) is 5.82 Å². The predicted octanol–water partition coefficient (Wildman–Crippen LogP) is 5.50. The lowest BCUT2D eigenvalue weighted by Gasteiger charge is -2.47. The number of carbonyl (C=O) groups excluding carboxylic acids is 2. The third-order valence-corrected chi connectivity index (χ3v) is 7.73. The van der Waals surface area contributed by atoms with Gasteiger partial charge in [-0.05, 0) is 43.5 Å². The fraction of sp³-hybridized carbons (Fsp3) is 0.444. The van der Waals surface area contributed by atoms with E-state index in [9.17, 15) is 22.8 Å². The topological polar surface area (TPSA) is 86.4 Å². The molecule has 1 unspecified atom stereocenters. The maximum Gasteiger partial charge on any atom is 0.450 e. The Morgan fingerprint density at radius 2 is 1.92 bits per heavy atom. The smallest absolute Gasteiger partial charge is 0.450 e. The fourth-order valence-corrected chi connectivity index (χ4v) is 5.95. The lowest BCUT2D eigenvalue weighted by Crippen LogP contribution is -2.61. The van der Waals surface area contributed by atoms with E-state index in [0.29, 0.717) is 24.1 Å². The Morgan fingerprint density at radius 1 is 1.21 bits per heavy atom. The van der Waals surface area contributed by atoms with E-state index in [1.807, 2.05) is 0 Å². The average molecular weight is 547 g/mol. The zero-order valence-corrected chi connectivity index (χ0v) is 21.4. The van der Waals surface area contributed by atoms with Gasteiger partial charge >= 0.3 is 12.1 Å². The lowest BCUT2D eigenvalue weighted by molar-refractivity contribution is -0.146. The van der Waals surface area contributed by atoms with Gasteiger partial charge in [0.25, 0.3) is 0 Å². The van der Waals surface area contributed by atoms with Gasteiger partial charge in [-0.25, -0.2) is 9.78 Å². The van der Waals surface area contributed by atoms with Crippen LogP contribution < -0.4 is 0 Å². The Labute approximate surface area is 222 Å². The molecule has 200 valence electrons. The van der Waals surface area contributed by atoms with E-state index in [-0.39, 0.29) is 35.5 Å². The third-order valence-electron chi connectivity index (χ3n) is 7.33. The van der Waals surface area contributed by atoms with Crippen LogP contribution in [-0.4, -0.2) is 50.0 Å². The summed E-state index contributed by atoms with van der Waals surface area (Å²) in [5.74, 6) is -1.62. The van der Waals surface area contributed by atoms with Crippen LogP contribution in [0.5, 0.6) is 0 Å². The van der Waals surface area contributed by atoms with Crippen LogP contribution in [0.1, 0.15) is 50.4 Å². The van der Waals surface area contributed by atoms with Gasteiger partial charge in [-0.1, -0.05) is 31.4 Å². The molecular formula is C27H26ClF3N4O3. The highest BCUT2D eigenvalue weighted by atomic mass is 35.5. The summed E-state index contributed by atoms with van der Waals surface area (Å²) in [5.41, 5.74) is 1.20. The maximum atomic E-state index is 13.8. The van der Waals surface area contributed by atoms with Gasteiger partial charge in [0.05, 0.1) is 29.4 Å². The number of ketones is 1. The number of fused-ring (bicyclic) bond motifs is 1. The standard InChI is InChI=1S/C27H26ClF3N4O3/c1-2-38-24(37)18(33-22-21(28)23(36)26(22)11-4-3-5-12-26)14-16-6-8-17(9-7-16)35-20-10-13-32-15-19(20)34-25(35)27(29,30)31/h6-10,13,15,18,21H,2-5,11-12,14H2,1H3/t18-,21?/m0/s1. The molecule has 3 aromatic rings. The van der Waals surface area contributed by atoms with E-state index < -0.39 is 34.8 Å². The molecule has 0 amide bonds. The van der Waals surface area contributed by atoms with E-state index >= 15 is 0 Å². The Bertz CT molecular complexity index is 1390. The van der Waals surface area contributed by atoms with E-state index in [0.717, 1.165) is 23.8 Å². The van der Waals surface area contributed by atoms with Gasteiger partial charge in [-0.3, -0.25) is 19.3 Å². The van der Waals surface area contributed by atoms with Crippen molar-refractivity contribution < 1.29 is 27.5 Å². The van der Waals surface area contributed by atoms with Crippen molar-refractivity contribution in [1.29, 1.82) is 0 Å². The molecule has 1 spiro atoms. The summed E-state index contributed by atoms with van der Waals surface area (Å²) < 4.78 is 47.5. The Kier molecular flexibility index (Phi) is 7.02. The Hall–Kier alpha value is -3.27. The first kappa shape index (κ1) is 26.3. The predicted molar refractivity (Wildman–Crippen MR) is 136 cm³/mol. The summed E-state index contributed by atoms with van der Waals surface area (Å²) in [6, 6.07) is 6.94. The second kappa shape index (κ2) is 10.1. The summed E-state index contributed by atoms with van der Waals surface area (Å²) in [6.45, 7) is 1.86. The number of carbonyl (C=O) groups is 2. The maximum absolute atomic E-state index is 13.8. The molecule has 0 aliphatic heterocycles. The van der Waals surface area contributed by atoms with Crippen molar-refractivity contribution in [2.24, 2.45) is 10.4 Å². The van der Waals surface area contributed by atoms with E-state index in [4.69, 9.17) is 16.3 Å². The molecule has 7 nitrogen and oxygen atoms in total. The second-order valence-electron chi connectivity index (χ2n) is 9.66. The van der Waals surface area contributed by atoms with Crippen LogP contribution in [0, 0.1) is 5.41 Å². The number of imidazole rings is 1. The quantitative estimate of drug-likeness (QED) is 0.301. The monoisotopic (exact) mass is 546 g/mol. The zero-order valence-electron chi connectivity index (χ0n) is 20.7. The van der Waals surface area contributed by atoms with E-state index in [1.54, 1.807) is 31.2 Å². The number of hydrogen-bond donors (Lipinski definition) is 0. The number of pyridine rings is 1. The minimum atomic E-state index is -4.67. The molecule has 2 saturated carbocycles. The fourth-order valence-electron chi connectivity index (χ4n) is 5.48. The SMILES string of the molecule is CCOC(=O)[C@H](Cc1ccc(-n2c(C(F)(F)F)nc3cnccc32)cc1)N=C1C(Cl)C(=O)C12CCCCC2. The first-order chi connectivity index (χ1) is 18.2. The molecule has 2 atom stereocenters. The van der Waals surface area contributed by atoms with Gasteiger partial charge in [-0.15, -0.1) is 11.6 Å². The van der Waals surface area contributed by atoms with Crippen LogP contribution in [0.3, 0.4) is 0 Å². The molecule has 2 fully saturated rings. The normalized spacial score (nSPS) is 21.0. The molecule has 0 radical (unpaired) electrons. The molecule has 38 heavy (non-hydrogen) atoms. The Balaban J connectivity index is 1.46. The van der Waals surface area contributed by atoms with Gasteiger partial charge in [0.1, 0.15) is 10.9 Å². The first-order valence-electron chi connectivity index (χ1n) is 12.6. The third kappa shape index (κ3) is 4.59. The molecule has 5 rings (SSSR count). The number of esters is 1. The van der Waals surface area contributed by atoms with Crippen molar-refractivity contribution in [3.05, 3.63) is 54.1 Å². The molecule has 0 bridgehead atoms. The molecular weight excluding hydrogens is 521 g/mol. The van der Waals surface area contributed by atoms with Gasteiger partial charge in [0, 0.05) is 18.3 Å². The highest BCUT2D eigenvalue weighted by Crippen LogP contribution is 2.49. The Morgan fingerprint density at radius 3 is 2.58 bits per heavy atom. The number of hydrogen-bond acceptors (Lipinski definition) is 6. The van der Waals surface area contributed by atoms with Gasteiger partial charge < -0.3 is 4.74 Å². The van der Waals surface area contributed by atoms with Crippen molar-refractivity contribution in [2.45, 2.75) is 63.0 Å². The van der Waals surface area contributed by atoms with Gasteiger partial charge in [-0.2, -0.15) is 13.2 Å². The van der Waals surface area contributed by atoms with Crippen LogP contribution in [0.4, 0.5) is 13.2 Å². The molecule has 2 heterocycles. The van der Waals surface area contributed by atoms with Crippen LogP contribution in [0.25, 0.3) is 16.7 Å². The molecule has 2 aromatic heterocycles. The number of rotatable bonds is 6. The number of aromatic nitrogens is 3. The summed E-state index contributed by atoms with van der Waals surface area (Å²) >= 11 is 6.36. The minimum Gasteiger partial charge on any atom is -0.464 e. The highest BCUT2D eigenvalue weighted by molar-refractivity contribution is 6.54. The van der Waals surface area contributed by atoms with Crippen LogP contribution >= 0.6 is 11.6 Å². The van der Waals surface area contributed by atoms with Crippen molar-refractivity contribution in [1.82, 2.24) is 14.5 Å². The van der Waals surface area contributed by atoms with Crippen molar-refractivity contribution in [3.63, 3.8) is 0 Å². The molecule has 0 saturated heterocycles. The molecule has 1 aromatic carbocycles. The van der Waals surface area contributed by atoms with Crippen LogP contribution in [0.2, 0.25) is 0 Å². The number of nitrogens with zero attached hydrogens (tertiary/aromatic N) is 4. The summed E-state index contributed by atoms with van der Waals surface area (Å²) in [4.78, 5) is 37.8. The number of Topliss-reactive ketones (excluding diaryl/α,β-unsaturated/α-hetero) is 1. The van der Waals surface area contributed by atoms with E-state index in [1.165, 1.54) is 18.5 Å². The number of ether oxygens (including phenoxy) is 1. The molecule has 0 N–H and O–H groups in total. The molecule has 11 heteroatoms. The number of halogens is 4. The second-order valence-corrected chi connectivity index (χ2v) is 10.1. The number of benzene rings is 1. The minimum absolute atomic E-state index is 0.0344. The van der Waals surface area contributed by atoms with Gasteiger partial charge in [0.15, 0.2) is 11.8 Å². The van der Waals surface area contributed by atoms with Crippen LogP contribution in [0.15, 0.2) is 47.7 Å². The van der Waals surface area contributed by atoms with Crippen molar-refractivity contribution in [3.8, 4) is 5.69 Å². The van der Waals surface area contributed by atoms with E-state index in [2.05, 4.69) is 15.0 Å². The first-order valence-corrected chi connectivity index (χ1v) is 13.0. The zero-order chi connectivity index (χ0) is 27.1. The largest absolute Gasteiger partial charge is 0.464 e. The summed E-state index contributed by atoms with van der Waals surface area (Å²) in [7, 11) is 0. The average Bonchev–Trinajstić information content (AvgIpc) is 3.32. The van der Waals surface area contributed by atoms with Crippen molar-refractivity contribution in [2.75, 3.05) is 6.61 Å². The van der Waals surface area contributed by atoms with Crippen molar-refractivity contribution >= 4 is 40.1 Å². The number of alkyl halides is 4. The van der Waals surface area contributed by atoms with Crippen LogP contribution in [-0.2, 0) is 26.9 Å². The summed E-state index contributed by atoms with van der Waals surface area (Å²) in [5, 5.41) is -0.850. The molecule has 2 aliphatic carbocycles. The number of aliphatic imine (C=N–C) groups is 1. The molecule has 2 aliphatic rings. The highest BCUT2D eigenvalue weighted by Gasteiger charge is 2.58.